The highest BCUT2D eigenvalue weighted by Gasteiger charge is 2.39. The van der Waals surface area contributed by atoms with Crippen LogP contribution in [0.5, 0.6) is 0 Å². The summed E-state index contributed by atoms with van der Waals surface area (Å²) < 4.78 is 48.6. The Labute approximate surface area is 54.4 Å². The fraction of sp³-hybridized carbons (Fsp3) is 1.00. The lowest BCUT2D eigenvalue weighted by Gasteiger charge is -2.13. The van der Waals surface area contributed by atoms with Crippen molar-refractivity contribution in [2.45, 2.75) is 12.5 Å². The van der Waals surface area contributed by atoms with Crippen molar-refractivity contribution in [3.63, 3.8) is 0 Å². The molecular formula is C4H6F4O2. The summed E-state index contributed by atoms with van der Waals surface area (Å²) in [6, 6.07) is 0. The summed E-state index contributed by atoms with van der Waals surface area (Å²) in [5.74, 6) is 0. The van der Waals surface area contributed by atoms with Crippen molar-refractivity contribution in [2.24, 2.45) is 0 Å². The predicted octanol–water partition coefficient (Wildman–Crippen LogP) is 0.853. The molecule has 0 saturated carbocycles. The topological polar surface area (TPSA) is 29.5 Å². The summed E-state index contributed by atoms with van der Waals surface area (Å²) in [6.07, 6.45) is -7.70. The quantitative estimate of drug-likeness (QED) is 0.492. The highest BCUT2D eigenvalue weighted by Crippen LogP contribution is 2.20. The van der Waals surface area contributed by atoms with Crippen LogP contribution in [-0.2, 0) is 4.74 Å². The first-order valence-corrected chi connectivity index (χ1v) is 2.41. The monoisotopic (exact) mass is 162 g/mol. The van der Waals surface area contributed by atoms with Crippen molar-refractivity contribution < 1.29 is 27.4 Å². The Morgan fingerprint density at radius 1 is 1.40 bits per heavy atom. The Bertz CT molecular complexity index is 91.7. The van der Waals surface area contributed by atoms with Crippen LogP contribution >= 0.6 is 0 Å². The van der Waals surface area contributed by atoms with Gasteiger partial charge in [0.2, 0.25) is 0 Å². The molecule has 2 nitrogen and oxygen atoms in total. The zero-order chi connectivity index (χ0) is 8.20. The lowest BCUT2D eigenvalue weighted by atomic mass is 10.6. The van der Waals surface area contributed by atoms with E-state index in [0.717, 1.165) is 0 Å². The maximum atomic E-state index is 11.3. The minimum absolute atomic E-state index is 0.749. The maximum Gasteiger partial charge on any atom is 0.439 e. The molecule has 6 heteroatoms. The second-order valence-corrected chi connectivity index (χ2v) is 1.45. The highest BCUT2D eigenvalue weighted by atomic mass is 19.4. The molecule has 0 aliphatic heterocycles. The van der Waals surface area contributed by atoms with Gasteiger partial charge in [-0.1, -0.05) is 0 Å². The molecule has 0 aliphatic rings. The van der Waals surface area contributed by atoms with Gasteiger partial charge in [-0.2, -0.15) is 13.2 Å². The summed E-state index contributed by atoms with van der Waals surface area (Å²) in [5, 5.41) is 8.00. The van der Waals surface area contributed by atoms with Crippen LogP contribution in [-0.4, -0.2) is 30.9 Å². The molecule has 0 bridgehead atoms. The van der Waals surface area contributed by atoms with Gasteiger partial charge in [-0.25, -0.2) is 4.39 Å². The Morgan fingerprint density at radius 3 is 2.20 bits per heavy atom. The van der Waals surface area contributed by atoms with Crippen molar-refractivity contribution in [2.75, 3.05) is 13.3 Å². The molecule has 0 aromatic carbocycles. The molecule has 0 radical (unpaired) electrons. The SMILES string of the molecule is OC(OCCF)C(F)(F)F. The fourth-order valence-electron chi connectivity index (χ4n) is 0.251. The van der Waals surface area contributed by atoms with E-state index < -0.39 is 25.7 Å². The van der Waals surface area contributed by atoms with Gasteiger partial charge in [-0.3, -0.25) is 0 Å². The molecule has 10 heavy (non-hydrogen) atoms. The first-order valence-electron chi connectivity index (χ1n) is 2.41. The van der Waals surface area contributed by atoms with Gasteiger partial charge in [0.15, 0.2) is 0 Å². The number of hydrogen-bond donors (Lipinski definition) is 1. The number of aliphatic hydroxyl groups is 1. The minimum Gasteiger partial charge on any atom is -0.361 e. The lowest BCUT2D eigenvalue weighted by molar-refractivity contribution is -0.293. The van der Waals surface area contributed by atoms with Crippen LogP contribution in [0, 0.1) is 0 Å². The molecule has 0 heterocycles. The zero-order valence-electron chi connectivity index (χ0n) is 4.86. The van der Waals surface area contributed by atoms with E-state index in [9.17, 15) is 17.6 Å². The number of halogens is 4. The van der Waals surface area contributed by atoms with Gasteiger partial charge in [0.05, 0.1) is 6.61 Å². The molecule has 1 atom stereocenters. The summed E-state index contributed by atoms with van der Waals surface area (Å²) in [6.45, 7) is -1.80. The summed E-state index contributed by atoms with van der Waals surface area (Å²) in [7, 11) is 0. The molecule has 0 spiro atoms. The molecule has 0 amide bonds. The summed E-state index contributed by atoms with van der Waals surface area (Å²) >= 11 is 0. The average Bonchev–Trinajstić information content (AvgIpc) is 1.80. The van der Waals surface area contributed by atoms with Crippen molar-refractivity contribution in [3.8, 4) is 0 Å². The van der Waals surface area contributed by atoms with Crippen molar-refractivity contribution in [1.29, 1.82) is 0 Å². The molecule has 1 unspecified atom stereocenters. The van der Waals surface area contributed by atoms with Gasteiger partial charge in [0, 0.05) is 0 Å². The van der Waals surface area contributed by atoms with E-state index in [0.29, 0.717) is 0 Å². The minimum atomic E-state index is -4.82. The van der Waals surface area contributed by atoms with Gasteiger partial charge in [0.25, 0.3) is 6.29 Å². The van der Waals surface area contributed by atoms with Crippen LogP contribution in [0.1, 0.15) is 0 Å². The van der Waals surface area contributed by atoms with Crippen LogP contribution in [0.25, 0.3) is 0 Å². The predicted molar refractivity (Wildman–Crippen MR) is 24.0 cm³/mol. The van der Waals surface area contributed by atoms with E-state index in [1.165, 1.54) is 0 Å². The third kappa shape index (κ3) is 3.62. The third-order valence-corrected chi connectivity index (χ3v) is 0.633. The van der Waals surface area contributed by atoms with Crippen LogP contribution in [0.15, 0.2) is 0 Å². The van der Waals surface area contributed by atoms with E-state index >= 15 is 0 Å². The van der Waals surface area contributed by atoms with Gasteiger partial charge in [-0.15, -0.1) is 0 Å². The number of ether oxygens (including phenoxy) is 1. The summed E-state index contributed by atoms with van der Waals surface area (Å²) in [4.78, 5) is 0. The van der Waals surface area contributed by atoms with Gasteiger partial charge in [-0.05, 0) is 0 Å². The largest absolute Gasteiger partial charge is 0.439 e. The standard InChI is InChI=1S/C4H6F4O2/c5-1-2-10-3(9)4(6,7)8/h3,9H,1-2H2. The summed E-state index contributed by atoms with van der Waals surface area (Å²) in [5.41, 5.74) is 0. The molecule has 0 aromatic heterocycles. The number of rotatable bonds is 3. The van der Waals surface area contributed by atoms with Crippen LogP contribution < -0.4 is 0 Å². The molecule has 62 valence electrons. The van der Waals surface area contributed by atoms with E-state index in [1.807, 2.05) is 0 Å². The van der Waals surface area contributed by atoms with Crippen molar-refractivity contribution in [3.05, 3.63) is 0 Å². The zero-order valence-corrected chi connectivity index (χ0v) is 4.86. The lowest BCUT2D eigenvalue weighted by Crippen LogP contribution is -2.31. The number of aliphatic hydroxyl groups excluding tert-OH is 1. The van der Waals surface area contributed by atoms with E-state index in [4.69, 9.17) is 5.11 Å². The molecule has 0 aromatic rings. The van der Waals surface area contributed by atoms with E-state index in [1.54, 1.807) is 0 Å². The Hall–Kier alpha value is -0.360. The van der Waals surface area contributed by atoms with E-state index in [-0.39, 0.29) is 0 Å². The normalized spacial score (nSPS) is 15.3. The molecular weight excluding hydrogens is 156 g/mol. The van der Waals surface area contributed by atoms with Gasteiger partial charge in [0.1, 0.15) is 6.67 Å². The molecule has 0 rings (SSSR count). The smallest absolute Gasteiger partial charge is 0.361 e. The highest BCUT2D eigenvalue weighted by molar-refractivity contribution is 4.52. The first-order chi connectivity index (χ1) is 4.48. The van der Waals surface area contributed by atoms with Crippen molar-refractivity contribution >= 4 is 0 Å². The molecule has 0 fully saturated rings. The van der Waals surface area contributed by atoms with Gasteiger partial charge >= 0.3 is 6.18 Å². The molecule has 1 N–H and O–H groups in total. The van der Waals surface area contributed by atoms with Crippen LogP contribution in [0.2, 0.25) is 0 Å². The number of hydrogen-bond acceptors (Lipinski definition) is 2. The Morgan fingerprint density at radius 2 is 1.90 bits per heavy atom. The van der Waals surface area contributed by atoms with Crippen LogP contribution in [0.4, 0.5) is 17.6 Å². The van der Waals surface area contributed by atoms with Crippen LogP contribution in [0.3, 0.4) is 0 Å². The van der Waals surface area contributed by atoms with Gasteiger partial charge < -0.3 is 9.84 Å². The number of alkyl halides is 4. The maximum absolute atomic E-state index is 11.3. The second-order valence-electron chi connectivity index (χ2n) is 1.45. The first kappa shape index (κ1) is 9.64. The second kappa shape index (κ2) is 3.72. The van der Waals surface area contributed by atoms with E-state index in [2.05, 4.69) is 4.74 Å². The average molecular weight is 162 g/mol. The molecule has 0 saturated heterocycles. The molecule has 0 aliphatic carbocycles. The Balaban J connectivity index is 3.52. The third-order valence-electron chi connectivity index (χ3n) is 0.633. The Kier molecular flexibility index (Phi) is 3.59. The fourth-order valence-corrected chi connectivity index (χ4v) is 0.251. The van der Waals surface area contributed by atoms with Crippen molar-refractivity contribution in [1.82, 2.24) is 0 Å².